The van der Waals surface area contributed by atoms with Crippen LogP contribution in [0.25, 0.3) is 0 Å². The number of hydrogen-bond donors (Lipinski definition) is 3. The van der Waals surface area contributed by atoms with Crippen LogP contribution in [-0.4, -0.2) is 20.2 Å². The minimum Gasteiger partial charge on any atom is -0.467 e. The number of aryl methyl sites for hydroxylation is 1. The smallest absolute Gasteiger partial charge is 0.261 e. The number of carbonyl (C=O) groups excluding carboxylic acids is 2. The van der Waals surface area contributed by atoms with Crippen molar-refractivity contribution in [1.29, 1.82) is 0 Å². The summed E-state index contributed by atoms with van der Waals surface area (Å²) in [5.41, 5.74) is 1.77. The van der Waals surface area contributed by atoms with Crippen LogP contribution in [0.1, 0.15) is 32.0 Å². The number of sulfonamides is 1. The molecule has 0 aliphatic heterocycles. The van der Waals surface area contributed by atoms with E-state index in [0.717, 1.165) is 0 Å². The van der Waals surface area contributed by atoms with Gasteiger partial charge in [0.15, 0.2) is 0 Å². The summed E-state index contributed by atoms with van der Waals surface area (Å²) in [4.78, 5) is 25.8. The molecule has 0 spiro atoms. The molecule has 1 heterocycles. The Labute approximate surface area is 203 Å². The molecule has 2 amide bonds. The van der Waals surface area contributed by atoms with E-state index in [-0.39, 0.29) is 34.2 Å². The molecule has 0 aliphatic rings. The van der Waals surface area contributed by atoms with Gasteiger partial charge in [-0.3, -0.25) is 14.3 Å². The molecule has 4 aromatic rings. The number of benzene rings is 3. The predicted molar refractivity (Wildman–Crippen MR) is 133 cm³/mol. The number of furan rings is 1. The molecule has 0 saturated heterocycles. The highest BCUT2D eigenvalue weighted by atomic mass is 32.2. The predicted octanol–water partition coefficient (Wildman–Crippen LogP) is 4.57. The Morgan fingerprint density at radius 3 is 2.31 bits per heavy atom. The Balaban J connectivity index is 1.51. The number of para-hydroxylation sites is 1. The van der Waals surface area contributed by atoms with Crippen LogP contribution < -0.4 is 15.4 Å². The summed E-state index contributed by atoms with van der Waals surface area (Å²) in [5.74, 6) is -0.265. The van der Waals surface area contributed by atoms with E-state index < -0.39 is 15.9 Å². The van der Waals surface area contributed by atoms with Crippen molar-refractivity contribution in [3.05, 3.63) is 114 Å². The van der Waals surface area contributed by atoms with Crippen molar-refractivity contribution in [2.75, 3.05) is 10.0 Å². The van der Waals surface area contributed by atoms with E-state index in [9.17, 15) is 18.0 Å². The van der Waals surface area contributed by atoms with Crippen molar-refractivity contribution in [3.63, 3.8) is 0 Å². The van der Waals surface area contributed by atoms with Gasteiger partial charge < -0.3 is 15.1 Å². The van der Waals surface area contributed by atoms with Gasteiger partial charge in [-0.2, -0.15) is 0 Å². The molecule has 35 heavy (non-hydrogen) atoms. The molecule has 4 rings (SSSR count). The number of rotatable bonds is 8. The van der Waals surface area contributed by atoms with Crippen LogP contribution in [-0.2, 0) is 16.6 Å². The first kappa shape index (κ1) is 23.8. The van der Waals surface area contributed by atoms with E-state index in [1.165, 1.54) is 24.5 Å². The lowest BCUT2D eigenvalue weighted by molar-refractivity contribution is 0.0949. The lowest BCUT2D eigenvalue weighted by Crippen LogP contribution is -2.24. The Morgan fingerprint density at radius 2 is 1.57 bits per heavy atom. The fourth-order valence-corrected chi connectivity index (χ4v) is 4.48. The molecule has 0 saturated carbocycles. The van der Waals surface area contributed by atoms with Crippen LogP contribution in [0, 0.1) is 6.92 Å². The van der Waals surface area contributed by atoms with E-state index in [0.29, 0.717) is 17.0 Å². The molecule has 8 nitrogen and oxygen atoms in total. The highest BCUT2D eigenvalue weighted by molar-refractivity contribution is 7.92. The van der Waals surface area contributed by atoms with Gasteiger partial charge in [-0.25, -0.2) is 8.42 Å². The third kappa shape index (κ3) is 5.77. The molecule has 0 bridgehead atoms. The molecular formula is C26H23N3O5S. The van der Waals surface area contributed by atoms with E-state index >= 15 is 0 Å². The summed E-state index contributed by atoms with van der Waals surface area (Å²) in [7, 11) is -3.82. The summed E-state index contributed by atoms with van der Waals surface area (Å²) >= 11 is 0. The summed E-state index contributed by atoms with van der Waals surface area (Å²) in [6.45, 7) is 1.94. The number of anilines is 2. The average Bonchev–Trinajstić information content (AvgIpc) is 3.38. The van der Waals surface area contributed by atoms with Crippen molar-refractivity contribution in [1.82, 2.24) is 5.32 Å². The zero-order valence-electron chi connectivity index (χ0n) is 18.8. The second-order valence-corrected chi connectivity index (χ2v) is 9.39. The van der Waals surface area contributed by atoms with Crippen molar-refractivity contribution in [2.24, 2.45) is 0 Å². The molecule has 3 N–H and O–H groups in total. The maximum Gasteiger partial charge on any atom is 0.261 e. The second-order valence-electron chi connectivity index (χ2n) is 7.71. The third-order valence-electron chi connectivity index (χ3n) is 5.22. The zero-order chi connectivity index (χ0) is 24.8. The summed E-state index contributed by atoms with van der Waals surface area (Å²) in [5, 5.41) is 5.49. The average molecular weight is 490 g/mol. The summed E-state index contributed by atoms with van der Waals surface area (Å²) in [6.07, 6.45) is 1.52. The molecule has 0 radical (unpaired) electrons. The van der Waals surface area contributed by atoms with Gasteiger partial charge in [0.1, 0.15) is 5.76 Å². The molecule has 0 fully saturated rings. The van der Waals surface area contributed by atoms with E-state index in [1.807, 2.05) is 0 Å². The fourth-order valence-electron chi connectivity index (χ4n) is 3.34. The van der Waals surface area contributed by atoms with Gasteiger partial charge in [0.05, 0.1) is 34.6 Å². The van der Waals surface area contributed by atoms with Gasteiger partial charge in [-0.1, -0.05) is 36.4 Å². The lowest BCUT2D eigenvalue weighted by atomic mass is 10.1. The van der Waals surface area contributed by atoms with Gasteiger partial charge >= 0.3 is 0 Å². The van der Waals surface area contributed by atoms with E-state index in [1.54, 1.807) is 73.7 Å². The summed E-state index contributed by atoms with van der Waals surface area (Å²) < 4.78 is 33.2. The van der Waals surface area contributed by atoms with Gasteiger partial charge in [0, 0.05) is 5.56 Å². The Hall–Kier alpha value is -4.37. The maximum atomic E-state index is 13.0. The number of carbonyl (C=O) groups is 2. The first-order chi connectivity index (χ1) is 16.8. The van der Waals surface area contributed by atoms with Gasteiger partial charge in [-0.05, 0) is 61.0 Å². The first-order valence-corrected chi connectivity index (χ1v) is 12.2. The Bertz CT molecular complexity index is 1450. The molecule has 0 atom stereocenters. The summed E-state index contributed by atoms with van der Waals surface area (Å²) in [6, 6.07) is 22.8. The first-order valence-electron chi connectivity index (χ1n) is 10.7. The molecule has 178 valence electrons. The minimum absolute atomic E-state index is 0.115. The molecule has 9 heteroatoms. The Morgan fingerprint density at radius 1 is 0.829 bits per heavy atom. The monoisotopic (exact) mass is 489 g/mol. The van der Waals surface area contributed by atoms with Crippen molar-refractivity contribution in [3.8, 4) is 0 Å². The zero-order valence-corrected chi connectivity index (χ0v) is 19.6. The van der Waals surface area contributed by atoms with Crippen molar-refractivity contribution < 1.29 is 22.4 Å². The van der Waals surface area contributed by atoms with Crippen LogP contribution >= 0.6 is 0 Å². The van der Waals surface area contributed by atoms with E-state index in [2.05, 4.69) is 15.4 Å². The second kappa shape index (κ2) is 10.3. The Kier molecular flexibility index (Phi) is 6.98. The van der Waals surface area contributed by atoms with Gasteiger partial charge in [0.25, 0.3) is 21.8 Å². The van der Waals surface area contributed by atoms with Crippen molar-refractivity contribution in [2.45, 2.75) is 18.4 Å². The highest BCUT2D eigenvalue weighted by Gasteiger charge is 2.18. The topological polar surface area (TPSA) is 118 Å². The largest absolute Gasteiger partial charge is 0.467 e. The van der Waals surface area contributed by atoms with Gasteiger partial charge in [-0.15, -0.1) is 0 Å². The molecule has 0 aliphatic carbocycles. The number of hydrogen-bond acceptors (Lipinski definition) is 5. The standard InChI is InChI=1S/C26H23N3O5S/c1-18-13-14-19(16-24(18)29-35(32,33)21-9-3-2-4-10-21)25(30)28-23-12-6-5-11-22(23)26(31)27-17-20-8-7-15-34-20/h2-16,29H,17H2,1H3,(H,27,31)(H,28,30). The highest BCUT2D eigenvalue weighted by Crippen LogP contribution is 2.23. The lowest BCUT2D eigenvalue weighted by Gasteiger charge is -2.14. The normalized spacial score (nSPS) is 11.0. The van der Waals surface area contributed by atoms with Crippen LogP contribution in [0.3, 0.4) is 0 Å². The molecule has 0 unspecified atom stereocenters. The third-order valence-corrected chi connectivity index (χ3v) is 6.60. The maximum absolute atomic E-state index is 13.0. The SMILES string of the molecule is Cc1ccc(C(=O)Nc2ccccc2C(=O)NCc2ccco2)cc1NS(=O)(=O)c1ccccc1. The van der Waals surface area contributed by atoms with Crippen LogP contribution in [0.15, 0.2) is 101 Å². The molecular weight excluding hydrogens is 466 g/mol. The minimum atomic E-state index is -3.82. The number of amides is 2. The number of nitrogens with one attached hydrogen (secondary N) is 3. The van der Waals surface area contributed by atoms with Crippen LogP contribution in [0.2, 0.25) is 0 Å². The van der Waals surface area contributed by atoms with E-state index in [4.69, 9.17) is 4.42 Å². The quantitative estimate of drug-likeness (QED) is 0.335. The van der Waals surface area contributed by atoms with Gasteiger partial charge in [0.2, 0.25) is 0 Å². The van der Waals surface area contributed by atoms with Crippen molar-refractivity contribution >= 4 is 33.2 Å². The van der Waals surface area contributed by atoms with Crippen LogP contribution in [0.4, 0.5) is 11.4 Å². The fraction of sp³-hybridized carbons (Fsp3) is 0.0769. The molecule has 3 aromatic carbocycles. The van der Waals surface area contributed by atoms with Crippen LogP contribution in [0.5, 0.6) is 0 Å². The molecule has 1 aromatic heterocycles.